The number of benzene rings is 1. The van der Waals surface area contributed by atoms with Gasteiger partial charge in [-0.3, -0.25) is 14.8 Å². The number of rotatable bonds is 2. The first kappa shape index (κ1) is 20.7. The van der Waals surface area contributed by atoms with Crippen LogP contribution >= 0.6 is 23.8 Å². The van der Waals surface area contributed by atoms with Crippen LogP contribution in [0.3, 0.4) is 0 Å². The Bertz CT molecular complexity index is 745. The first-order chi connectivity index (χ1) is 12.5. The number of hydrogen-bond donors (Lipinski definition) is 0. The van der Waals surface area contributed by atoms with E-state index in [0.717, 1.165) is 42.7 Å². The minimum Gasteiger partial charge on any atom is -0.304 e. The molecule has 1 atom stereocenters. The number of halogens is 1. The Morgan fingerprint density at radius 2 is 1.70 bits per heavy atom. The van der Waals surface area contributed by atoms with E-state index in [1.54, 1.807) is 0 Å². The van der Waals surface area contributed by atoms with Crippen LogP contribution in [0.1, 0.15) is 34.6 Å². The van der Waals surface area contributed by atoms with Crippen molar-refractivity contribution < 1.29 is 0 Å². The normalized spacial score (nSPS) is 26.2. The highest BCUT2D eigenvalue weighted by molar-refractivity contribution is 7.80. The summed E-state index contributed by atoms with van der Waals surface area (Å²) in [6.45, 7) is 15.1. The Morgan fingerprint density at radius 3 is 2.26 bits per heavy atom. The van der Waals surface area contributed by atoms with Gasteiger partial charge in [0.05, 0.1) is 27.3 Å². The maximum Gasteiger partial charge on any atom is 0.127 e. The highest BCUT2D eigenvalue weighted by atomic mass is 35.5. The third kappa shape index (κ3) is 4.07. The average Bonchev–Trinajstić information content (AvgIpc) is 2.74. The van der Waals surface area contributed by atoms with E-state index in [2.05, 4.69) is 56.4 Å². The zero-order valence-electron chi connectivity index (χ0n) is 17.3. The smallest absolute Gasteiger partial charge is 0.127 e. The molecule has 2 aliphatic rings. The second-order valence-electron chi connectivity index (χ2n) is 9.20. The zero-order chi connectivity index (χ0) is 20.0. The number of thiocarbonyl (C=S) groups is 1. The Kier molecular flexibility index (Phi) is 5.70. The van der Waals surface area contributed by atoms with Gasteiger partial charge in [-0.05, 0) is 40.0 Å². The molecule has 0 aliphatic carbocycles. The van der Waals surface area contributed by atoms with Crippen molar-refractivity contribution in [3.8, 4) is 0 Å². The fourth-order valence-corrected chi connectivity index (χ4v) is 4.50. The van der Waals surface area contributed by atoms with Crippen LogP contribution < -0.4 is 4.90 Å². The SMILES string of the molecule is CN1CCN(C2C(=NC(C)(C)C)N(c3ccccc3Cl)C(=S)C2(C)C)CC1. The summed E-state index contributed by atoms with van der Waals surface area (Å²) < 4.78 is 0. The molecule has 2 heterocycles. The molecule has 27 heavy (non-hydrogen) atoms. The maximum absolute atomic E-state index is 6.58. The first-order valence-corrected chi connectivity index (χ1v) is 10.4. The standard InChI is InChI=1S/C21H31ClN4S/c1-20(2,3)23-18-17(25-13-11-24(6)12-14-25)21(4,5)19(27)26(18)16-10-8-7-9-15(16)22/h7-10,17H,11-14H2,1-6H3. The Labute approximate surface area is 174 Å². The lowest BCUT2D eigenvalue weighted by Gasteiger charge is -2.41. The van der Waals surface area contributed by atoms with E-state index in [4.69, 9.17) is 28.8 Å². The molecule has 2 fully saturated rings. The summed E-state index contributed by atoms with van der Waals surface area (Å²) in [6.07, 6.45) is 0. The fourth-order valence-electron chi connectivity index (χ4n) is 3.97. The van der Waals surface area contributed by atoms with E-state index in [1.807, 2.05) is 24.3 Å². The van der Waals surface area contributed by atoms with Crippen LogP contribution in [0.5, 0.6) is 0 Å². The van der Waals surface area contributed by atoms with Crippen molar-refractivity contribution in [2.75, 3.05) is 38.1 Å². The number of piperazine rings is 1. The van der Waals surface area contributed by atoms with Crippen LogP contribution in [0, 0.1) is 5.41 Å². The molecule has 1 aromatic carbocycles. The van der Waals surface area contributed by atoms with Gasteiger partial charge in [-0.15, -0.1) is 0 Å². The number of nitrogens with zero attached hydrogens (tertiary/aromatic N) is 4. The van der Waals surface area contributed by atoms with Gasteiger partial charge in [0.2, 0.25) is 0 Å². The van der Waals surface area contributed by atoms with Crippen molar-refractivity contribution in [1.82, 2.24) is 9.80 Å². The lowest BCUT2D eigenvalue weighted by atomic mass is 9.85. The quantitative estimate of drug-likeness (QED) is 0.681. The van der Waals surface area contributed by atoms with Gasteiger partial charge in [-0.2, -0.15) is 0 Å². The van der Waals surface area contributed by atoms with E-state index in [0.29, 0.717) is 5.02 Å². The van der Waals surface area contributed by atoms with Crippen LogP contribution in [-0.2, 0) is 0 Å². The van der Waals surface area contributed by atoms with Gasteiger partial charge in [0, 0.05) is 31.6 Å². The lowest BCUT2D eigenvalue weighted by Crippen LogP contribution is -2.55. The van der Waals surface area contributed by atoms with E-state index in [-0.39, 0.29) is 17.0 Å². The monoisotopic (exact) mass is 406 g/mol. The van der Waals surface area contributed by atoms with Crippen LogP contribution in [0.25, 0.3) is 0 Å². The number of aliphatic imine (C=N–C) groups is 1. The molecule has 1 aromatic rings. The molecule has 3 rings (SSSR count). The summed E-state index contributed by atoms with van der Waals surface area (Å²) in [5, 5.41) is 0.705. The number of anilines is 1. The van der Waals surface area contributed by atoms with E-state index in [9.17, 15) is 0 Å². The molecule has 0 saturated carbocycles. The van der Waals surface area contributed by atoms with E-state index in [1.165, 1.54) is 0 Å². The van der Waals surface area contributed by atoms with E-state index < -0.39 is 0 Å². The predicted octanol–water partition coefficient (Wildman–Crippen LogP) is 4.33. The van der Waals surface area contributed by atoms with Crippen molar-refractivity contribution in [3.05, 3.63) is 29.3 Å². The summed E-state index contributed by atoms with van der Waals surface area (Å²) in [5.74, 6) is 1.02. The minimum absolute atomic E-state index is 0.147. The highest BCUT2D eigenvalue weighted by Gasteiger charge is 2.53. The molecule has 4 nitrogen and oxygen atoms in total. The number of para-hydroxylation sites is 1. The molecule has 2 saturated heterocycles. The van der Waals surface area contributed by atoms with Gasteiger partial charge in [0.15, 0.2) is 0 Å². The van der Waals surface area contributed by atoms with Crippen molar-refractivity contribution in [1.29, 1.82) is 0 Å². The van der Waals surface area contributed by atoms with Crippen molar-refractivity contribution in [2.24, 2.45) is 10.4 Å². The van der Waals surface area contributed by atoms with Crippen LogP contribution in [0.2, 0.25) is 5.02 Å². The van der Waals surface area contributed by atoms with Gasteiger partial charge in [-0.25, -0.2) is 0 Å². The molecule has 0 spiro atoms. The Hall–Kier alpha value is -1.01. The molecule has 148 valence electrons. The molecular weight excluding hydrogens is 376 g/mol. The zero-order valence-corrected chi connectivity index (χ0v) is 18.9. The highest BCUT2D eigenvalue weighted by Crippen LogP contribution is 2.43. The summed E-state index contributed by atoms with van der Waals surface area (Å²) in [6, 6.07) is 8.07. The molecule has 0 N–H and O–H groups in total. The van der Waals surface area contributed by atoms with Gasteiger partial charge >= 0.3 is 0 Å². The molecule has 2 aliphatic heterocycles. The summed E-state index contributed by atoms with van der Waals surface area (Å²) >= 11 is 12.6. The molecule has 0 amide bonds. The largest absolute Gasteiger partial charge is 0.304 e. The first-order valence-electron chi connectivity index (χ1n) is 9.64. The summed E-state index contributed by atoms with van der Waals surface area (Å²) in [7, 11) is 2.18. The van der Waals surface area contributed by atoms with Gasteiger partial charge < -0.3 is 4.90 Å². The molecule has 6 heteroatoms. The average molecular weight is 407 g/mol. The minimum atomic E-state index is -0.200. The number of hydrogen-bond acceptors (Lipinski definition) is 4. The molecule has 1 unspecified atom stereocenters. The molecule has 0 radical (unpaired) electrons. The number of likely N-dealkylation sites (N-methyl/N-ethyl adjacent to an activating group) is 1. The molecular formula is C21H31ClN4S. The third-order valence-corrected chi connectivity index (χ3v) is 6.39. The van der Waals surface area contributed by atoms with Crippen LogP contribution in [0.4, 0.5) is 5.69 Å². The van der Waals surface area contributed by atoms with Crippen molar-refractivity contribution >= 4 is 40.3 Å². The lowest BCUT2D eigenvalue weighted by molar-refractivity contribution is 0.108. The second-order valence-corrected chi connectivity index (χ2v) is 9.99. The summed E-state index contributed by atoms with van der Waals surface area (Å²) in [4.78, 5) is 13.1. The van der Waals surface area contributed by atoms with Crippen molar-refractivity contribution in [3.63, 3.8) is 0 Å². The number of amidine groups is 1. The van der Waals surface area contributed by atoms with Gasteiger partial charge in [0.1, 0.15) is 5.84 Å². The summed E-state index contributed by atoms with van der Waals surface area (Å²) in [5.41, 5.74) is 0.529. The van der Waals surface area contributed by atoms with Gasteiger partial charge in [0.25, 0.3) is 0 Å². The van der Waals surface area contributed by atoms with Crippen LogP contribution in [-0.4, -0.2) is 65.4 Å². The Balaban J connectivity index is 2.12. The maximum atomic E-state index is 6.58. The van der Waals surface area contributed by atoms with Crippen LogP contribution in [0.15, 0.2) is 29.3 Å². The van der Waals surface area contributed by atoms with Gasteiger partial charge in [-0.1, -0.05) is 49.8 Å². The fraction of sp³-hybridized carbons (Fsp3) is 0.619. The predicted molar refractivity (Wildman–Crippen MR) is 120 cm³/mol. The molecule has 0 bridgehead atoms. The topological polar surface area (TPSA) is 22.1 Å². The van der Waals surface area contributed by atoms with Crippen molar-refractivity contribution in [2.45, 2.75) is 46.2 Å². The van der Waals surface area contributed by atoms with E-state index >= 15 is 0 Å². The molecule has 0 aromatic heterocycles. The third-order valence-electron chi connectivity index (χ3n) is 5.36. The Morgan fingerprint density at radius 1 is 1.11 bits per heavy atom. The second kappa shape index (κ2) is 7.43.